The van der Waals surface area contributed by atoms with Crippen LogP contribution in [0.25, 0.3) is 0 Å². The van der Waals surface area contributed by atoms with Gasteiger partial charge in [-0.15, -0.1) is 0 Å². The summed E-state index contributed by atoms with van der Waals surface area (Å²) in [6, 6.07) is -1.96. The first-order chi connectivity index (χ1) is 11.3. The van der Waals surface area contributed by atoms with E-state index in [0.29, 0.717) is 0 Å². The Hall–Kier alpha value is -1.96. The molecule has 1 rings (SSSR count). The number of amides is 1. The van der Waals surface area contributed by atoms with Gasteiger partial charge in [-0.3, -0.25) is 14.9 Å². The largest absolute Gasteiger partial charge is 0.463 e. The van der Waals surface area contributed by atoms with Crippen LogP contribution < -0.4 is 5.32 Å². The van der Waals surface area contributed by atoms with Crippen LogP contribution in [0.2, 0.25) is 0 Å². The fraction of sp³-hybridized carbons (Fsp3) is 0.750. The number of carbonyl (C=O) groups excluding carboxylic acids is 2. The minimum Gasteiger partial charge on any atom is -0.463 e. The average molecular weight is 342 g/mol. The number of nitro groups is 1. The van der Waals surface area contributed by atoms with Gasteiger partial charge in [0.25, 0.3) is 0 Å². The van der Waals surface area contributed by atoms with Crippen molar-refractivity contribution in [1.82, 2.24) is 5.32 Å². The standard InChI is InChI=1S/C16H26N2O6/c1-5-12(6-2)24-14-9-11(16(20)23-7-3)8-13(18(21)22)15(14)17-10(4)19/h9,12-15H,5-8H2,1-4H3,(H,17,19)/t13?,14-,15-/m1/s1. The zero-order valence-electron chi connectivity index (χ0n) is 14.6. The van der Waals surface area contributed by atoms with E-state index in [2.05, 4.69) is 5.32 Å². The van der Waals surface area contributed by atoms with Gasteiger partial charge in [-0.25, -0.2) is 4.79 Å². The van der Waals surface area contributed by atoms with Crippen LogP contribution in [0.3, 0.4) is 0 Å². The van der Waals surface area contributed by atoms with E-state index in [1.807, 2.05) is 13.8 Å². The molecular formula is C16H26N2O6. The van der Waals surface area contributed by atoms with Crippen molar-refractivity contribution in [3.8, 4) is 0 Å². The van der Waals surface area contributed by atoms with Crippen LogP contribution in [-0.4, -0.2) is 47.7 Å². The molecule has 24 heavy (non-hydrogen) atoms. The summed E-state index contributed by atoms with van der Waals surface area (Å²) in [5.41, 5.74) is 0.219. The van der Waals surface area contributed by atoms with Gasteiger partial charge >= 0.3 is 5.97 Å². The lowest BCUT2D eigenvalue weighted by molar-refractivity contribution is -0.528. The zero-order chi connectivity index (χ0) is 18.3. The predicted molar refractivity (Wildman–Crippen MR) is 87.0 cm³/mol. The number of rotatable bonds is 8. The first-order valence-electron chi connectivity index (χ1n) is 8.27. The lowest BCUT2D eigenvalue weighted by Crippen LogP contribution is -2.56. The maximum atomic E-state index is 12.0. The number of esters is 1. The van der Waals surface area contributed by atoms with Crippen molar-refractivity contribution in [3.05, 3.63) is 21.8 Å². The molecule has 0 aromatic rings. The molecule has 0 saturated carbocycles. The predicted octanol–water partition coefficient (Wildman–Crippen LogP) is 1.60. The van der Waals surface area contributed by atoms with E-state index < -0.39 is 29.1 Å². The molecule has 0 heterocycles. The Morgan fingerprint density at radius 3 is 2.46 bits per heavy atom. The van der Waals surface area contributed by atoms with Crippen molar-refractivity contribution in [1.29, 1.82) is 0 Å². The minimum atomic E-state index is -1.14. The number of ether oxygens (including phenoxy) is 2. The van der Waals surface area contributed by atoms with Gasteiger partial charge < -0.3 is 14.8 Å². The van der Waals surface area contributed by atoms with Crippen LogP contribution in [0.5, 0.6) is 0 Å². The molecular weight excluding hydrogens is 316 g/mol. The van der Waals surface area contributed by atoms with E-state index in [1.54, 1.807) is 13.0 Å². The first kappa shape index (κ1) is 20.1. The summed E-state index contributed by atoms with van der Waals surface area (Å²) in [6.07, 6.45) is 2.05. The van der Waals surface area contributed by atoms with Gasteiger partial charge in [0.2, 0.25) is 11.9 Å². The zero-order valence-corrected chi connectivity index (χ0v) is 14.6. The molecule has 0 saturated heterocycles. The van der Waals surface area contributed by atoms with E-state index >= 15 is 0 Å². The SMILES string of the molecule is CCOC(=O)C1=C[C@@H](OC(CC)CC)[C@H](NC(C)=O)C([N+](=O)[O-])C1. The highest BCUT2D eigenvalue weighted by atomic mass is 16.6. The molecule has 1 aliphatic rings. The van der Waals surface area contributed by atoms with Crippen molar-refractivity contribution in [3.63, 3.8) is 0 Å². The molecule has 8 heteroatoms. The smallest absolute Gasteiger partial charge is 0.334 e. The summed E-state index contributed by atoms with van der Waals surface area (Å²) in [6.45, 7) is 7.06. The summed E-state index contributed by atoms with van der Waals surface area (Å²) in [5, 5.41) is 14.1. The van der Waals surface area contributed by atoms with Crippen LogP contribution >= 0.6 is 0 Å². The van der Waals surface area contributed by atoms with E-state index in [1.165, 1.54) is 6.92 Å². The topological polar surface area (TPSA) is 108 Å². The second-order valence-electron chi connectivity index (χ2n) is 5.73. The highest BCUT2D eigenvalue weighted by Crippen LogP contribution is 2.26. The van der Waals surface area contributed by atoms with E-state index in [0.717, 1.165) is 12.8 Å². The van der Waals surface area contributed by atoms with Crippen LogP contribution in [0.4, 0.5) is 0 Å². The van der Waals surface area contributed by atoms with Crippen LogP contribution in [0.1, 0.15) is 47.0 Å². The molecule has 3 atom stereocenters. The van der Waals surface area contributed by atoms with Gasteiger partial charge in [-0.1, -0.05) is 13.8 Å². The van der Waals surface area contributed by atoms with Crippen LogP contribution in [0, 0.1) is 10.1 Å². The van der Waals surface area contributed by atoms with Gasteiger partial charge in [0.05, 0.1) is 12.7 Å². The molecule has 1 aliphatic carbocycles. The molecule has 0 spiro atoms. The summed E-state index contributed by atoms with van der Waals surface area (Å²) >= 11 is 0. The van der Waals surface area contributed by atoms with Gasteiger partial charge in [-0.2, -0.15) is 0 Å². The summed E-state index contributed by atoms with van der Waals surface area (Å²) in [5.74, 6) is -0.957. The molecule has 0 aromatic carbocycles. The number of nitrogens with zero attached hydrogens (tertiary/aromatic N) is 1. The monoisotopic (exact) mass is 342 g/mol. The Bertz CT molecular complexity index is 501. The molecule has 1 amide bonds. The Morgan fingerprint density at radius 2 is 2.00 bits per heavy atom. The maximum Gasteiger partial charge on any atom is 0.334 e. The first-order valence-corrected chi connectivity index (χ1v) is 8.27. The number of nitrogens with one attached hydrogen (secondary N) is 1. The molecule has 8 nitrogen and oxygen atoms in total. The maximum absolute atomic E-state index is 12.0. The van der Waals surface area contributed by atoms with Gasteiger partial charge in [0, 0.05) is 23.8 Å². The van der Waals surface area contributed by atoms with Gasteiger partial charge in [-0.05, 0) is 25.8 Å². The van der Waals surface area contributed by atoms with Crippen molar-refractivity contribution in [2.75, 3.05) is 6.61 Å². The second-order valence-corrected chi connectivity index (χ2v) is 5.73. The molecule has 1 N–H and O–H groups in total. The second kappa shape index (κ2) is 9.36. The number of hydrogen-bond acceptors (Lipinski definition) is 6. The Morgan fingerprint density at radius 1 is 1.38 bits per heavy atom. The fourth-order valence-corrected chi connectivity index (χ4v) is 2.76. The molecule has 0 aromatic heterocycles. The summed E-state index contributed by atoms with van der Waals surface area (Å²) < 4.78 is 10.9. The molecule has 0 bridgehead atoms. The third-order valence-electron chi connectivity index (χ3n) is 4.00. The Kier molecular flexibility index (Phi) is 7.84. The molecule has 0 fully saturated rings. The summed E-state index contributed by atoms with van der Waals surface area (Å²) in [7, 11) is 0. The third kappa shape index (κ3) is 5.30. The highest BCUT2D eigenvalue weighted by Gasteiger charge is 2.44. The van der Waals surface area contributed by atoms with Crippen LogP contribution in [0.15, 0.2) is 11.6 Å². The minimum absolute atomic E-state index is 0.0977. The third-order valence-corrected chi connectivity index (χ3v) is 4.00. The average Bonchev–Trinajstić information content (AvgIpc) is 2.52. The lowest BCUT2D eigenvalue weighted by Gasteiger charge is -2.34. The normalized spacial score (nSPS) is 23.5. The lowest BCUT2D eigenvalue weighted by atomic mass is 9.88. The molecule has 136 valence electrons. The van der Waals surface area contributed by atoms with E-state index in [-0.39, 0.29) is 30.6 Å². The molecule has 0 radical (unpaired) electrons. The van der Waals surface area contributed by atoms with Crippen LogP contribution in [-0.2, 0) is 19.1 Å². The highest BCUT2D eigenvalue weighted by molar-refractivity contribution is 5.89. The quantitative estimate of drug-likeness (QED) is 0.408. The Labute approximate surface area is 141 Å². The van der Waals surface area contributed by atoms with Crippen molar-refractivity contribution in [2.24, 2.45) is 0 Å². The number of carbonyl (C=O) groups is 2. The Balaban J connectivity index is 3.17. The molecule has 0 aliphatic heterocycles. The van der Waals surface area contributed by atoms with E-state index in [9.17, 15) is 19.7 Å². The molecule has 1 unspecified atom stereocenters. The summed E-state index contributed by atoms with van der Waals surface area (Å²) in [4.78, 5) is 34.5. The van der Waals surface area contributed by atoms with Crippen molar-refractivity contribution < 1.29 is 24.0 Å². The van der Waals surface area contributed by atoms with Gasteiger partial charge in [0.1, 0.15) is 12.1 Å². The van der Waals surface area contributed by atoms with Gasteiger partial charge in [0.15, 0.2) is 0 Å². The van der Waals surface area contributed by atoms with E-state index in [4.69, 9.17) is 9.47 Å². The number of hydrogen-bond donors (Lipinski definition) is 1. The van der Waals surface area contributed by atoms with Crippen molar-refractivity contribution >= 4 is 11.9 Å². The van der Waals surface area contributed by atoms with Crippen molar-refractivity contribution in [2.45, 2.75) is 71.2 Å². The fourth-order valence-electron chi connectivity index (χ4n) is 2.76.